The Morgan fingerprint density at radius 3 is 2.54 bits per heavy atom. The minimum atomic E-state index is 0.653. The first kappa shape index (κ1) is 20.0. The molecule has 6 heteroatoms. The third-order valence-electron chi connectivity index (χ3n) is 4.36. The standard InChI is InChI=1S/C20H31N5O/c1-6-21-20(22-13-18-9-7-15(2)8-10-18)23-14-19-16(3)24-25(17(19)4)11-12-26-5/h7-10H,6,11-14H2,1-5H3,(H2,21,22,23). The molecule has 0 aliphatic carbocycles. The van der Waals surface area contributed by atoms with Gasteiger partial charge in [-0.2, -0.15) is 5.10 Å². The summed E-state index contributed by atoms with van der Waals surface area (Å²) in [6, 6.07) is 8.48. The highest BCUT2D eigenvalue weighted by Crippen LogP contribution is 2.12. The second-order valence-electron chi connectivity index (χ2n) is 6.40. The average molecular weight is 358 g/mol. The van der Waals surface area contributed by atoms with Gasteiger partial charge in [0.2, 0.25) is 0 Å². The number of nitrogens with one attached hydrogen (secondary N) is 2. The maximum atomic E-state index is 5.16. The van der Waals surface area contributed by atoms with Gasteiger partial charge >= 0.3 is 0 Å². The highest BCUT2D eigenvalue weighted by Gasteiger charge is 2.11. The van der Waals surface area contributed by atoms with Gasteiger partial charge in [-0.05, 0) is 33.3 Å². The van der Waals surface area contributed by atoms with Gasteiger partial charge in [0.05, 0.1) is 25.4 Å². The van der Waals surface area contributed by atoms with E-state index in [4.69, 9.17) is 9.73 Å². The van der Waals surface area contributed by atoms with Crippen LogP contribution >= 0.6 is 0 Å². The van der Waals surface area contributed by atoms with Gasteiger partial charge in [-0.1, -0.05) is 29.8 Å². The van der Waals surface area contributed by atoms with Gasteiger partial charge in [-0.25, -0.2) is 4.99 Å². The molecule has 0 unspecified atom stereocenters. The molecule has 26 heavy (non-hydrogen) atoms. The molecule has 142 valence electrons. The third-order valence-corrected chi connectivity index (χ3v) is 4.36. The van der Waals surface area contributed by atoms with Crippen LogP contribution in [-0.2, 0) is 24.4 Å². The quantitative estimate of drug-likeness (QED) is 0.563. The minimum Gasteiger partial charge on any atom is -0.383 e. The third kappa shape index (κ3) is 5.59. The minimum absolute atomic E-state index is 0.653. The number of ether oxygens (including phenoxy) is 1. The van der Waals surface area contributed by atoms with Gasteiger partial charge in [0.25, 0.3) is 0 Å². The number of nitrogens with zero attached hydrogens (tertiary/aromatic N) is 3. The van der Waals surface area contributed by atoms with Crippen LogP contribution in [0.25, 0.3) is 0 Å². The number of hydrogen-bond acceptors (Lipinski definition) is 3. The summed E-state index contributed by atoms with van der Waals surface area (Å²) in [6.07, 6.45) is 0. The van der Waals surface area contributed by atoms with Crippen molar-refractivity contribution in [1.29, 1.82) is 0 Å². The Bertz CT molecular complexity index is 719. The number of benzene rings is 1. The van der Waals surface area contributed by atoms with Crippen LogP contribution in [0, 0.1) is 20.8 Å². The molecule has 0 fully saturated rings. The van der Waals surface area contributed by atoms with Crippen LogP contribution in [0.15, 0.2) is 29.3 Å². The first-order valence-electron chi connectivity index (χ1n) is 9.14. The lowest BCUT2D eigenvalue weighted by atomic mass is 10.1. The molecule has 2 N–H and O–H groups in total. The number of aromatic nitrogens is 2. The summed E-state index contributed by atoms with van der Waals surface area (Å²) in [5, 5.41) is 11.3. The zero-order valence-corrected chi connectivity index (χ0v) is 16.6. The molecule has 0 atom stereocenters. The zero-order valence-electron chi connectivity index (χ0n) is 16.6. The summed E-state index contributed by atoms with van der Waals surface area (Å²) >= 11 is 0. The Morgan fingerprint density at radius 2 is 1.88 bits per heavy atom. The molecule has 0 spiro atoms. The summed E-state index contributed by atoms with van der Waals surface area (Å²) in [6.45, 7) is 11.9. The molecule has 0 aliphatic rings. The highest BCUT2D eigenvalue weighted by molar-refractivity contribution is 5.79. The highest BCUT2D eigenvalue weighted by atomic mass is 16.5. The Kier molecular flexibility index (Phi) is 7.66. The molecule has 2 aromatic rings. The number of aryl methyl sites for hydroxylation is 2. The number of hydrogen-bond donors (Lipinski definition) is 2. The number of guanidine groups is 1. The maximum Gasteiger partial charge on any atom is 0.191 e. The predicted molar refractivity (Wildman–Crippen MR) is 106 cm³/mol. The molecule has 0 saturated carbocycles. The van der Waals surface area contributed by atoms with E-state index < -0.39 is 0 Å². The summed E-state index contributed by atoms with van der Waals surface area (Å²) in [7, 11) is 1.71. The van der Waals surface area contributed by atoms with Crippen molar-refractivity contribution in [3.63, 3.8) is 0 Å². The number of rotatable bonds is 8. The molecule has 0 aliphatic heterocycles. The fourth-order valence-electron chi connectivity index (χ4n) is 2.76. The molecule has 0 saturated heterocycles. The zero-order chi connectivity index (χ0) is 18.9. The van der Waals surface area contributed by atoms with E-state index in [-0.39, 0.29) is 0 Å². The first-order chi connectivity index (χ1) is 12.5. The van der Waals surface area contributed by atoms with E-state index in [0.29, 0.717) is 19.7 Å². The predicted octanol–water partition coefficient (Wildman–Crippen LogP) is 2.71. The lowest BCUT2D eigenvalue weighted by molar-refractivity contribution is 0.182. The molecular weight excluding hydrogens is 326 g/mol. The molecular formula is C20H31N5O. The molecule has 0 bridgehead atoms. The lowest BCUT2D eigenvalue weighted by Gasteiger charge is -2.12. The Morgan fingerprint density at radius 1 is 1.15 bits per heavy atom. The van der Waals surface area contributed by atoms with Gasteiger partial charge in [0.1, 0.15) is 0 Å². The molecule has 2 rings (SSSR count). The van der Waals surface area contributed by atoms with E-state index in [9.17, 15) is 0 Å². The largest absolute Gasteiger partial charge is 0.383 e. The number of aliphatic imine (C=N–C) groups is 1. The van der Waals surface area contributed by atoms with Gasteiger partial charge in [0, 0.05) is 31.5 Å². The van der Waals surface area contributed by atoms with Crippen molar-refractivity contribution in [2.45, 2.75) is 47.3 Å². The topological polar surface area (TPSA) is 63.5 Å². The van der Waals surface area contributed by atoms with Crippen molar-refractivity contribution in [1.82, 2.24) is 20.4 Å². The van der Waals surface area contributed by atoms with Crippen LogP contribution in [0.4, 0.5) is 0 Å². The van der Waals surface area contributed by atoms with Gasteiger partial charge in [-0.15, -0.1) is 0 Å². The van der Waals surface area contributed by atoms with Gasteiger partial charge in [-0.3, -0.25) is 4.68 Å². The average Bonchev–Trinajstić information content (AvgIpc) is 2.90. The fraction of sp³-hybridized carbons (Fsp3) is 0.500. The van der Waals surface area contributed by atoms with Crippen molar-refractivity contribution in [2.75, 3.05) is 20.3 Å². The van der Waals surface area contributed by atoms with Crippen molar-refractivity contribution in [2.24, 2.45) is 4.99 Å². The van der Waals surface area contributed by atoms with Crippen LogP contribution in [0.5, 0.6) is 0 Å². The van der Waals surface area contributed by atoms with Crippen LogP contribution in [-0.4, -0.2) is 36.0 Å². The molecule has 1 heterocycles. The second-order valence-corrected chi connectivity index (χ2v) is 6.40. The summed E-state index contributed by atoms with van der Waals surface area (Å²) in [5.41, 5.74) is 5.88. The van der Waals surface area contributed by atoms with E-state index in [1.165, 1.54) is 22.4 Å². The number of methoxy groups -OCH3 is 1. The van der Waals surface area contributed by atoms with Crippen LogP contribution in [0.3, 0.4) is 0 Å². The Hall–Kier alpha value is -2.34. The first-order valence-corrected chi connectivity index (χ1v) is 9.14. The van der Waals surface area contributed by atoms with Crippen molar-refractivity contribution in [3.05, 3.63) is 52.3 Å². The van der Waals surface area contributed by atoms with Crippen molar-refractivity contribution >= 4 is 5.96 Å². The molecule has 0 amide bonds. The smallest absolute Gasteiger partial charge is 0.191 e. The van der Waals surface area contributed by atoms with Crippen LogP contribution < -0.4 is 10.6 Å². The van der Waals surface area contributed by atoms with Gasteiger partial charge in [0.15, 0.2) is 5.96 Å². The maximum absolute atomic E-state index is 5.16. The van der Waals surface area contributed by atoms with E-state index in [1.54, 1.807) is 7.11 Å². The monoisotopic (exact) mass is 357 g/mol. The Balaban J connectivity index is 2.02. The van der Waals surface area contributed by atoms with Gasteiger partial charge < -0.3 is 15.4 Å². The molecule has 6 nitrogen and oxygen atoms in total. The fourth-order valence-corrected chi connectivity index (χ4v) is 2.76. The van der Waals surface area contributed by atoms with Crippen LogP contribution in [0.2, 0.25) is 0 Å². The normalized spacial score (nSPS) is 11.7. The van der Waals surface area contributed by atoms with E-state index >= 15 is 0 Å². The van der Waals surface area contributed by atoms with E-state index in [0.717, 1.165) is 24.7 Å². The summed E-state index contributed by atoms with van der Waals surface area (Å²) in [4.78, 5) is 4.69. The van der Waals surface area contributed by atoms with E-state index in [2.05, 4.69) is 60.8 Å². The van der Waals surface area contributed by atoms with Crippen LogP contribution in [0.1, 0.15) is 35.0 Å². The Labute approximate surface area is 156 Å². The lowest BCUT2D eigenvalue weighted by Crippen LogP contribution is -2.37. The van der Waals surface area contributed by atoms with Crippen molar-refractivity contribution < 1.29 is 4.74 Å². The second kappa shape index (κ2) is 9.97. The molecule has 1 aromatic heterocycles. The molecule has 0 radical (unpaired) electrons. The summed E-state index contributed by atoms with van der Waals surface area (Å²) < 4.78 is 7.16. The SMILES string of the molecule is CCNC(=NCc1ccc(C)cc1)NCc1c(C)nn(CCOC)c1C. The van der Waals surface area contributed by atoms with Crippen molar-refractivity contribution in [3.8, 4) is 0 Å². The van der Waals surface area contributed by atoms with E-state index in [1.807, 2.05) is 11.6 Å². The summed E-state index contributed by atoms with van der Waals surface area (Å²) in [5.74, 6) is 0.816. The molecule has 1 aromatic carbocycles.